The fourth-order valence-corrected chi connectivity index (χ4v) is 1.48. The summed E-state index contributed by atoms with van der Waals surface area (Å²) >= 11 is 0. The van der Waals surface area contributed by atoms with E-state index in [2.05, 4.69) is 0 Å². The van der Waals surface area contributed by atoms with E-state index < -0.39 is 50.1 Å². The van der Waals surface area contributed by atoms with Gasteiger partial charge in [0.2, 0.25) is 0 Å². The molecule has 0 fully saturated rings. The SMILES string of the molecule is O.O.O.O=C(O)CN(CCN(CC(=O)O)CC(=O)O)CC(=O)O.[H-].[H-].[Na+].[Na+]. The van der Waals surface area contributed by atoms with E-state index in [1.54, 1.807) is 0 Å². The van der Waals surface area contributed by atoms with Crippen molar-refractivity contribution in [3.8, 4) is 0 Å². The van der Waals surface area contributed by atoms with Crippen molar-refractivity contribution in [1.82, 2.24) is 9.80 Å². The summed E-state index contributed by atoms with van der Waals surface area (Å²) in [7, 11) is 0. The second kappa shape index (κ2) is 21.7. The first-order chi connectivity index (χ1) is 9.20. The maximum absolute atomic E-state index is 10.6. The van der Waals surface area contributed by atoms with Gasteiger partial charge in [0.15, 0.2) is 0 Å². The van der Waals surface area contributed by atoms with Crippen LogP contribution in [0.25, 0.3) is 0 Å². The summed E-state index contributed by atoms with van der Waals surface area (Å²) in [5.74, 6) is -4.91. The molecule has 0 aliphatic rings. The Labute approximate surface area is 190 Å². The van der Waals surface area contributed by atoms with Crippen LogP contribution in [-0.4, -0.2) is 110 Å². The molecule has 15 heteroatoms. The average molecular weight is 394 g/mol. The Bertz CT molecular complexity index is 339. The van der Waals surface area contributed by atoms with Gasteiger partial charge < -0.3 is 39.7 Å². The van der Waals surface area contributed by atoms with Crippen LogP contribution in [0.4, 0.5) is 0 Å². The van der Waals surface area contributed by atoms with E-state index in [4.69, 9.17) is 20.4 Å². The zero-order valence-corrected chi connectivity index (χ0v) is 18.1. The quantitative estimate of drug-likeness (QED) is 0.241. The molecular formula is C10H24N2Na2O11. The van der Waals surface area contributed by atoms with Gasteiger partial charge in [0.1, 0.15) is 0 Å². The minimum absolute atomic E-state index is 0. The minimum atomic E-state index is -1.23. The predicted octanol–water partition coefficient (Wildman–Crippen LogP) is -10.3. The molecule has 0 heterocycles. The summed E-state index contributed by atoms with van der Waals surface area (Å²) in [6.07, 6.45) is 0. The molecule has 0 unspecified atom stereocenters. The van der Waals surface area contributed by atoms with Gasteiger partial charge in [0.05, 0.1) is 26.2 Å². The van der Waals surface area contributed by atoms with Gasteiger partial charge in [-0.1, -0.05) is 0 Å². The Balaban J connectivity index is -0.0000000860. The van der Waals surface area contributed by atoms with E-state index >= 15 is 0 Å². The van der Waals surface area contributed by atoms with Crippen molar-refractivity contribution in [2.24, 2.45) is 0 Å². The molecule has 0 saturated heterocycles. The van der Waals surface area contributed by atoms with Crippen molar-refractivity contribution in [1.29, 1.82) is 0 Å². The molecule has 0 spiro atoms. The van der Waals surface area contributed by atoms with Gasteiger partial charge in [-0.2, -0.15) is 0 Å². The standard InChI is InChI=1S/C10H16N2O8.2Na.3H2O.2H/c13-7(14)3-11(4-8(15)16)1-2-12(5-9(17)18)6-10(19)20;;;;;;;/h1-6H2,(H,13,14)(H,15,16)(H,17,18)(H,19,20);;;3*1H2;;/q;2*+1;;;;2*-1. The number of aliphatic carboxylic acids is 4. The number of carbonyl (C=O) groups is 4. The molecule has 0 amide bonds. The normalized spacial score (nSPS) is 8.56. The van der Waals surface area contributed by atoms with Crippen LogP contribution in [0.1, 0.15) is 2.85 Å². The van der Waals surface area contributed by atoms with E-state index in [1.165, 1.54) is 0 Å². The largest absolute Gasteiger partial charge is 1.00 e. The summed E-state index contributed by atoms with van der Waals surface area (Å²) in [6, 6.07) is 0. The van der Waals surface area contributed by atoms with Crippen LogP contribution < -0.4 is 59.1 Å². The summed E-state index contributed by atoms with van der Waals surface area (Å²) in [4.78, 5) is 44.4. The van der Waals surface area contributed by atoms with E-state index in [0.29, 0.717) is 0 Å². The molecule has 13 nitrogen and oxygen atoms in total. The monoisotopic (exact) mass is 394 g/mol. The van der Waals surface area contributed by atoms with Gasteiger partial charge in [-0.05, 0) is 0 Å². The summed E-state index contributed by atoms with van der Waals surface area (Å²) in [5, 5.41) is 34.5. The molecule has 0 bridgehead atoms. The number of carboxylic acid groups (broad SMARTS) is 4. The Morgan fingerprint density at radius 1 is 0.560 bits per heavy atom. The van der Waals surface area contributed by atoms with E-state index in [1.807, 2.05) is 0 Å². The molecule has 25 heavy (non-hydrogen) atoms. The van der Waals surface area contributed by atoms with Crippen molar-refractivity contribution >= 4 is 23.9 Å². The van der Waals surface area contributed by atoms with Crippen LogP contribution in [0.5, 0.6) is 0 Å². The Morgan fingerprint density at radius 3 is 0.840 bits per heavy atom. The molecule has 142 valence electrons. The molecule has 0 rings (SSSR count). The van der Waals surface area contributed by atoms with Crippen molar-refractivity contribution in [2.75, 3.05) is 39.3 Å². The molecule has 0 saturated carbocycles. The molecular weight excluding hydrogens is 370 g/mol. The second-order valence-electron chi connectivity index (χ2n) is 4.00. The summed E-state index contributed by atoms with van der Waals surface area (Å²) in [6.45, 7) is -2.25. The van der Waals surface area contributed by atoms with Gasteiger partial charge in [0, 0.05) is 13.1 Å². The van der Waals surface area contributed by atoms with Gasteiger partial charge in [-0.25, -0.2) is 0 Å². The van der Waals surface area contributed by atoms with Crippen molar-refractivity contribution in [3.63, 3.8) is 0 Å². The van der Waals surface area contributed by atoms with Gasteiger partial charge >= 0.3 is 83.0 Å². The smallest absolute Gasteiger partial charge is 1.00 e. The number of nitrogens with zero attached hydrogens (tertiary/aromatic N) is 2. The molecule has 0 aliphatic carbocycles. The molecule has 0 radical (unpaired) electrons. The zero-order valence-electron chi connectivity index (χ0n) is 16.1. The van der Waals surface area contributed by atoms with Crippen molar-refractivity contribution < 1.29 is 118 Å². The van der Waals surface area contributed by atoms with Crippen LogP contribution in [0.2, 0.25) is 0 Å². The number of carboxylic acids is 4. The predicted molar refractivity (Wildman–Crippen MR) is 76.5 cm³/mol. The molecule has 0 aromatic heterocycles. The van der Waals surface area contributed by atoms with Crippen molar-refractivity contribution in [3.05, 3.63) is 0 Å². The number of rotatable bonds is 11. The van der Waals surface area contributed by atoms with Crippen molar-refractivity contribution in [2.45, 2.75) is 0 Å². The van der Waals surface area contributed by atoms with Gasteiger partial charge in [-0.3, -0.25) is 29.0 Å². The van der Waals surface area contributed by atoms with Crippen LogP contribution >= 0.6 is 0 Å². The topological polar surface area (TPSA) is 250 Å². The summed E-state index contributed by atoms with van der Waals surface area (Å²) < 4.78 is 0. The number of hydrogen-bond donors (Lipinski definition) is 4. The molecule has 10 N–H and O–H groups in total. The fourth-order valence-electron chi connectivity index (χ4n) is 1.48. The molecule has 0 aliphatic heterocycles. The van der Waals surface area contributed by atoms with Crippen LogP contribution in [0.3, 0.4) is 0 Å². The molecule has 0 atom stereocenters. The van der Waals surface area contributed by atoms with Gasteiger partial charge in [0.25, 0.3) is 0 Å². The van der Waals surface area contributed by atoms with Crippen LogP contribution in [-0.2, 0) is 19.2 Å². The first kappa shape index (κ1) is 39.7. The third-order valence-corrected chi connectivity index (χ3v) is 2.17. The third kappa shape index (κ3) is 26.0. The third-order valence-electron chi connectivity index (χ3n) is 2.17. The Morgan fingerprint density at radius 2 is 0.720 bits per heavy atom. The maximum Gasteiger partial charge on any atom is 1.00 e. The Kier molecular flexibility index (Phi) is 34.5. The summed E-state index contributed by atoms with van der Waals surface area (Å²) in [5.41, 5.74) is 0. The van der Waals surface area contributed by atoms with E-state index in [9.17, 15) is 19.2 Å². The molecule has 0 aromatic rings. The van der Waals surface area contributed by atoms with E-state index in [0.717, 1.165) is 9.80 Å². The first-order valence-electron chi connectivity index (χ1n) is 5.52. The van der Waals surface area contributed by atoms with Crippen LogP contribution in [0, 0.1) is 0 Å². The minimum Gasteiger partial charge on any atom is -1.00 e. The zero-order chi connectivity index (χ0) is 15.7. The fraction of sp³-hybridized carbons (Fsp3) is 0.600. The first-order valence-corrected chi connectivity index (χ1v) is 5.52. The average Bonchev–Trinajstić information content (AvgIpc) is 2.22. The molecule has 0 aromatic carbocycles. The van der Waals surface area contributed by atoms with E-state index in [-0.39, 0.29) is 91.5 Å². The van der Waals surface area contributed by atoms with Gasteiger partial charge in [-0.15, -0.1) is 0 Å². The van der Waals surface area contributed by atoms with Crippen LogP contribution in [0.15, 0.2) is 0 Å². The number of hydrogen-bond acceptors (Lipinski definition) is 6. The Hall–Kier alpha value is -0.320. The second-order valence-corrected chi connectivity index (χ2v) is 4.00. The maximum atomic E-state index is 10.6.